The van der Waals surface area contributed by atoms with Crippen molar-refractivity contribution in [3.05, 3.63) is 23.8 Å². The molecule has 1 aliphatic heterocycles. The Morgan fingerprint density at radius 1 is 1.04 bits per heavy atom. The van der Waals surface area contributed by atoms with E-state index in [4.69, 9.17) is 5.73 Å². The van der Waals surface area contributed by atoms with E-state index in [1.807, 2.05) is 0 Å². The van der Waals surface area contributed by atoms with Gasteiger partial charge in [-0.15, -0.1) is 0 Å². The van der Waals surface area contributed by atoms with Crippen molar-refractivity contribution in [3.8, 4) is 0 Å². The third kappa shape index (κ3) is 5.38. The number of carbonyl (C=O) groups is 1. The van der Waals surface area contributed by atoms with Crippen LogP contribution in [0.4, 0.5) is 11.4 Å². The summed E-state index contributed by atoms with van der Waals surface area (Å²) in [6.45, 7) is 2.21. The van der Waals surface area contributed by atoms with E-state index in [1.54, 1.807) is 0 Å². The highest BCUT2D eigenvalue weighted by molar-refractivity contribution is 5.76. The fraction of sp³-hybridized carbons (Fsp3) is 0.667. The highest BCUT2D eigenvalue weighted by atomic mass is 16.1. The molecule has 1 aromatic rings. The van der Waals surface area contributed by atoms with E-state index in [1.165, 1.54) is 44.9 Å². The lowest BCUT2D eigenvalue weighted by atomic mass is 9.96. The van der Waals surface area contributed by atoms with Crippen LogP contribution >= 0.6 is 0 Å². The Morgan fingerprint density at radius 2 is 1.72 bits per heavy atom. The van der Waals surface area contributed by atoms with Gasteiger partial charge in [0.25, 0.3) is 0 Å². The van der Waals surface area contributed by atoms with Crippen molar-refractivity contribution in [2.75, 3.05) is 23.7 Å². The monoisotopic (exact) mass is 343 g/mol. The summed E-state index contributed by atoms with van der Waals surface area (Å²) in [6, 6.07) is 6.70. The number of carbonyl (C=O) groups excluding carboxylic acids is 1. The number of hydrogen-bond donors (Lipinski definition) is 2. The van der Waals surface area contributed by atoms with Gasteiger partial charge in [-0.05, 0) is 49.8 Å². The van der Waals surface area contributed by atoms with Crippen LogP contribution in [-0.2, 0) is 11.2 Å². The van der Waals surface area contributed by atoms with E-state index < -0.39 is 0 Å². The first-order chi connectivity index (χ1) is 12.2. The Hall–Kier alpha value is -1.71. The molecule has 4 heteroatoms. The molecule has 4 nitrogen and oxygen atoms in total. The van der Waals surface area contributed by atoms with Crippen molar-refractivity contribution < 1.29 is 4.79 Å². The zero-order chi connectivity index (χ0) is 17.5. The molecule has 3 N–H and O–H groups in total. The molecular formula is C21H33N3O. The zero-order valence-corrected chi connectivity index (χ0v) is 15.4. The molecule has 0 aromatic heterocycles. The fourth-order valence-corrected chi connectivity index (χ4v) is 4.16. The van der Waals surface area contributed by atoms with Crippen LogP contribution in [0.3, 0.4) is 0 Å². The zero-order valence-electron chi connectivity index (χ0n) is 15.4. The smallest absolute Gasteiger partial charge is 0.220 e. The molecule has 0 radical (unpaired) electrons. The Labute approximate surface area is 152 Å². The van der Waals surface area contributed by atoms with Crippen LogP contribution in [0.1, 0.15) is 69.8 Å². The fourth-order valence-electron chi connectivity index (χ4n) is 4.16. The van der Waals surface area contributed by atoms with E-state index in [0.717, 1.165) is 49.3 Å². The molecule has 1 saturated carbocycles. The lowest BCUT2D eigenvalue weighted by Crippen LogP contribution is -2.35. The Bertz CT molecular complexity index is 558. The first-order valence-electron chi connectivity index (χ1n) is 10.1. The molecule has 2 fully saturated rings. The van der Waals surface area contributed by atoms with Crippen molar-refractivity contribution in [1.82, 2.24) is 5.32 Å². The quantitative estimate of drug-likeness (QED) is 0.794. The Kier molecular flexibility index (Phi) is 6.60. The molecule has 3 rings (SSSR count). The van der Waals surface area contributed by atoms with Gasteiger partial charge in [-0.1, -0.05) is 38.2 Å². The minimum absolute atomic E-state index is 0.188. The minimum atomic E-state index is 0.188. The summed E-state index contributed by atoms with van der Waals surface area (Å²) in [4.78, 5) is 14.7. The first-order valence-corrected chi connectivity index (χ1v) is 10.1. The molecule has 1 saturated heterocycles. The maximum absolute atomic E-state index is 12.3. The molecule has 138 valence electrons. The van der Waals surface area contributed by atoms with E-state index in [0.29, 0.717) is 12.5 Å². The van der Waals surface area contributed by atoms with Crippen LogP contribution < -0.4 is 16.0 Å². The Morgan fingerprint density at radius 3 is 2.40 bits per heavy atom. The third-order valence-corrected chi connectivity index (χ3v) is 5.65. The number of rotatable bonds is 5. The lowest BCUT2D eigenvalue weighted by molar-refractivity contribution is -0.121. The van der Waals surface area contributed by atoms with Gasteiger partial charge in [0.15, 0.2) is 0 Å². The second-order valence-electron chi connectivity index (χ2n) is 7.70. The first kappa shape index (κ1) is 18.1. The number of nitrogens with two attached hydrogens (primary N) is 1. The molecule has 0 spiro atoms. The van der Waals surface area contributed by atoms with Crippen LogP contribution in [0.5, 0.6) is 0 Å². The number of amides is 1. The summed E-state index contributed by atoms with van der Waals surface area (Å²) in [5.41, 5.74) is 9.41. The minimum Gasteiger partial charge on any atom is -0.397 e. The molecule has 0 bridgehead atoms. The molecular weight excluding hydrogens is 310 g/mol. The molecule has 0 unspecified atom stereocenters. The second-order valence-corrected chi connectivity index (χ2v) is 7.70. The maximum atomic E-state index is 12.3. The number of benzene rings is 1. The summed E-state index contributed by atoms with van der Waals surface area (Å²) in [7, 11) is 0. The molecule has 1 aromatic carbocycles. The number of aryl methyl sites for hydroxylation is 1. The average molecular weight is 344 g/mol. The van der Waals surface area contributed by atoms with Gasteiger partial charge in [-0.3, -0.25) is 4.79 Å². The summed E-state index contributed by atoms with van der Waals surface area (Å²) in [5.74, 6) is 0.188. The van der Waals surface area contributed by atoms with Crippen LogP contribution in [0.2, 0.25) is 0 Å². The van der Waals surface area contributed by atoms with Crippen molar-refractivity contribution in [3.63, 3.8) is 0 Å². The molecule has 1 aliphatic carbocycles. The van der Waals surface area contributed by atoms with Gasteiger partial charge in [0.1, 0.15) is 0 Å². The molecule has 1 heterocycles. The number of nitrogens with one attached hydrogen (secondary N) is 1. The van der Waals surface area contributed by atoms with Gasteiger partial charge in [0.05, 0.1) is 11.4 Å². The summed E-state index contributed by atoms with van der Waals surface area (Å²) in [6.07, 6.45) is 12.6. The van der Waals surface area contributed by atoms with Crippen LogP contribution in [-0.4, -0.2) is 25.0 Å². The third-order valence-electron chi connectivity index (χ3n) is 5.65. The largest absolute Gasteiger partial charge is 0.397 e. The average Bonchev–Trinajstić information content (AvgIpc) is 3.09. The van der Waals surface area contributed by atoms with Gasteiger partial charge < -0.3 is 16.0 Å². The van der Waals surface area contributed by atoms with Gasteiger partial charge in [-0.25, -0.2) is 0 Å². The van der Waals surface area contributed by atoms with Crippen molar-refractivity contribution in [2.45, 2.75) is 76.7 Å². The maximum Gasteiger partial charge on any atom is 0.220 e. The second kappa shape index (κ2) is 9.12. The van der Waals surface area contributed by atoms with Crippen molar-refractivity contribution >= 4 is 17.3 Å². The predicted molar refractivity (Wildman–Crippen MR) is 105 cm³/mol. The summed E-state index contributed by atoms with van der Waals surface area (Å²) in [5, 5.41) is 3.25. The summed E-state index contributed by atoms with van der Waals surface area (Å²) < 4.78 is 0. The normalized spacial score (nSPS) is 19.4. The lowest BCUT2D eigenvalue weighted by Gasteiger charge is -2.21. The number of anilines is 2. The van der Waals surface area contributed by atoms with Crippen molar-refractivity contribution in [2.24, 2.45) is 0 Å². The van der Waals surface area contributed by atoms with Crippen molar-refractivity contribution in [1.29, 1.82) is 0 Å². The Balaban J connectivity index is 1.47. The summed E-state index contributed by atoms with van der Waals surface area (Å²) >= 11 is 0. The van der Waals surface area contributed by atoms with E-state index in [-0.39, 0.29) is 5.91 Å². The van der Waals surface area contributed by atoms with Crippen LogP contribution in [0, 0.1) is 0 Å². The highest BCUT2D eigenvalue weighted by Crippen LogP contribution is 2.28. The van der Waals surface area contributed by atoms with E-state index in [2.05, 4.69) is 28.4 Å². The van der Waals surface area contributed by atoms with Gasteiger partial charge >= 0.3 is 0 Å². The standard InChI is InChI=1S/C21H33N3O/c22-19-16-17(10-12-20(19)24-14-6-7-15-24)11-13-21(25)23-18-8-4-2-1-3-5-9-18/h10,12,16,18H,1-9,11,13-15,22H2,(H,23,25). The van der Waals surface area contributed by atoms with Gasteiger partial charge in [-0.2, -0.15) is 0 Å². The molecule has 25 heavy (non-hydrogen) atoms. The van der Waals surface area contributed by atoms with Gasteiger partial charge in [0, 0.05) is 25.6 Å². The molecule has 2 aliphatic rings. The number of hydrogen-bond acceptors (Lipinski definition) is 3. The number of nitrogens with zero attached hydrogens (tertiary/aromatic N) is 1. The molecule has 1 amide bonds. The highest BCUT2D eigenvalue weighted by Gasteiger charge is 2.16. The van der Waals surface area contributed by atoms with Crippen LogP contribution in [0.15, 0.2) is 18.2 Å². The molecule has 0 atom stereocenters. The number of nitrogen functional groups attached to an aromatic ring is 1. The van der Waals surface area contributed by atoms with E-state index in [9.17, 15) is 4.79 Å². The van der Waals surface area contributed by atoms with Crippen LogP contribution in [0.25, 0.3) is 0 Å². The topological polar surface area (TPSA) is 58.4 Å². The SMILES string of the molecule is Nc1cc(CCC(=O)NC2CCCCCCC2)ccc1N1CCCC1. The van der Waals surface area contributed by atoms with E-state index >= 15 is 0 Å². The van der Waals surface area contributed by atoms with Gasteiger partial charge in [0.2, 0.25) is 5.91 Å². The predicted octanol–water partition coefficient (Wildman–Crippen LogP) is 4.03.